The second-order valence-electron chi connectivity index (χ2n) is 8.14. The molecule has 1 aromatic heterocycles. The van der Waals surface area contributed by atoms with Crippen LogP contribution in [0.2, 0.25) is 0 Å². The molecule has 3 heterocycles. The summed E-state index contributed by atoms with van der Waals surface area (Å²) >= 11 is 0. The predicted octanol–water partition coefficient (Wildman–Crippen LogP) is 3.47. The van der Waals surface area contributed by atoms with Gasteiger partial charge in [0.15, 0.2) is 0 Å². The minimum Gasteiger partial charge on any atom is -0.497 e. The summed E-state index contributed by atoms with van der Waals surface area (Å²) in [5, 5.41) is 3.09. The summed E-state index contributed by atoms with van der Waals surface area (Å²) < 4.78 is 10.8. The molecule has 31 heavy (non-hydrogen) atoms. The van der Waals surface area contributed by atoms with Gasteiger partial charge in [0, 0.05) is 37.1 Å². The van der Waals surface area contributed by atoms with Crippen LogP contribution in [0.15, 0.2) is 71.3 Å². The van der Waals surface area contributed by atoms with Crippen LogP contribution in [0.1, 0.15) is 11.3 Å². The van der Waals surface area contributed by atoms with Gasteiger partial charge in [-0.2, -0.15) is 0 Å². The molecule has 0 aliphatic carbocycles. The molecule has 0 bridgehead atoms. The maximum atomic E-state index is 13.3. The van der Waals surface area contributed by atoms with Crippen molar-refractivity contribution in [3.63, 3.8) is 0 Å². The van der Waals surface area contributed by atoms with E-state index in [-0.39, 0.29) is 17.9 Å². The SMILES string of the molecule is COc1cccc(N2CCN3c4ccccc4CC(C(=O)NCc4ccco4)C3C2)c1. The van der Waals surface area contributed by atoms with Crippen molar-refractivity contribution >= 4 is 17.3 Å². The number of nitrogens with zero attached hydrogens (tertiary/aromatic N) is 2. The Bertz CT molecular complexity index is 1050. The smallest absolute Gasteiger partial charge is 0.225 e. The Balaban J connectivity index is 1.40. The van der Waals surface area contributed by atoms with Crippen molar-refractivity contribution in [1.82, 2.24) is 5.32 Å². The van der Waals surface area contributed by atoms with Crippen molar-refractivity contribution < 1.29 is 13.9 Å². The Morgan fingerprint density at radius 2 is 2.03 bits per heavy atom. The molecule has 2 aliphatic rings. The fourth-order valence-corrected chi connectivity index (χ4v) is 4.82. The second-order valence-corrected chi connectivity index (χ2v) is 8.14. The van der Waals surface area contributed by atoms with Gasteiger partial charge in [-0.25, -0.2) is 0 Å². The average molecular weight is 418 g/mol. The molecule has 6 heteroatoms. The number of carbonyl (C=O) groups is 1. The molecule has 1 fully saturated rings. The number of nitrogens with one attached hydrogen (secondary N) is 1. The van der Waals surface area contributed by atoms with Gasteiger partial charge in [-0.15, -0.1) is 0 Å². The fourth-order valence-electron chi connectivity index (χ4n) is 4.82. The first kappa shape index (κ1) is 19.5. The minimum atomic E-state index is -0.127. The van der Waals surface area contributed by atoms with E-state index < -0.39 is 0 Å². The molecule has 0 spiro atoms. The molecule has 1 N–H and O–H groups in total. The molecule has 2 atom stereocenters. The highest BCUT2D eigenvalue weighted by atomic mass is 16.5. The largest absolute Gasteiger partial charge is 0.497 e. The normalized spacial score (nSPS) is 20.0. The van der Waals surface area contributed by atoms with Gasteiger partial charge < -0.3 is 24.3 Å². The van der Waals surface area contributed by atoms with Crippen LogP contribution in [-0.2, 0) is 17.8 Å². The molecule has 1 amide bonds. The zero-order valence-electron chi connectivity index (χ0n) is 17.7. The molecular formula is C25H27N3O3. The topological polar surface area (TPSA) is 58.0 Å². The molecule has 5 rings (SSSR count). The maximum Gasteiger partial charge on any atom is 0.225 e. The molecular weight excluding hydrogens is 390 g/mol. The van der Waals surface area contributed by atoms with Crippen molar-refractivity contribution in [3.8, 4) is 5.75 Å². The molecule has 2 unspecified atom stereocenters. The number of rotatable bonds is 5. The summed E-state index contributed by atoms with van der Waals surface area (Å²) in [6.45, 7) is 2.98. The Labute approximate surface area is 182 Å². The van der Waals surface area contributed by atoms with E-state index in [9.17, 15) is 4.79 Å². The number of para-hydroxylation sites is 1. The Morgan fingerprint density at radius 3 is 2.87 bits per heavy atom. The summed E-state index contributed by atoms with van der Waals surface area (Å²) in [7, 11) is 1.69. The first-order valence-corrected chi connectivity index (χ1v) is 10.8. The number of carbonyl (C=O) groups excluding carboxylic acids is 1. The number of hydrogen-bond donors (Lipinski definition) is 1. The number of fused-ring (bicyclic) bond motifs is 3. The number of anilines is 2. The van der Waals surface area contributed by atoms with Crippen molar-refractivity contribution in [1.29, 1.82) is 0 Å². The minimum absolute atomic E-state index is 0.0772. The highest BCUT2D eigenvalue weighted by Gasteiger charge is 2.41. The van der Waals surface area contributed by atoms with E-state index in [1.165, 1.54) is 11.3 Å². The number of methoxy groups -OCH3 is 1. The van der Waals surface area contributed by atoms with Crippen molar-refractivity contribution in [2.45, 2.75) is 19.0 Å². The number of amides is 1. The van der Waals surface area contributed by atoms with Gasteiger partial charge in [-0.3, -0.25) is 4.79 Å². The lowest BCUT2D eigenvalue weighted by Gasteiger charge is -2.49. The summed E-state index contributed by atoms with van der Waals surface area (Å²) in [6.07, 6.45) is 2.38. The van der Waals surface area contributed by atoms with E-state index in [0.29, 0.717) is 6.54 Å². The summed E-state index contributed by atoms with van der Waals surface area (Å²) in [5.74, 6) is 1.57. The van der Waals surface area contributed by atoms with Crippen LogP contribution in [0.5, 0.6) is 5.75 Å². The molecule has 160 valence electrons. The maximum absolute atomic E-state index is 13.3. The Kier molecular flexibility index (Phi) is 5.28. The van der Waals surface area contributed by atoms with E-state index in [1.807, 2.05) is 24.3 Å². The Morgan fingerprint density at radius 1 is 1.13 bits per heavy atom. The van der Waals surface area contributed by atoms with Gasteiger partial charge in [-0.05, 0) is 42.3 Å². The molecule has 6 nitrogen and oxygen atoms in total. The number of benzene rings is 2. The van der Waals surface area contributed by atoms with E-state index >= 15 is 0 Å². The third kappa shape index (κ3) is 3.85. The van der Waals surface area contributed by atoms with Gasteiger partial charge in [0.05, 0.1) is 31.9 Å². The van der Waals surface area contributed by atoms with E-state index in [1.54, 1.807) is 13.4 Å². The van der Waals surface area contributed by atoms with Crippen LogP contribution in [-0.4, -0.2) is 38.7 Å². The first-order chi connectivity index (χ1) is 15.2. The van der Waals surface area contributed by atoms with Crippen LogP contribution >= 0.6 is 0 Å². The second kappa shape index (κ2) is 8.38. The summed E-state index contributed by atoms with van der Waals surface area (Å²) in [4.78, 5) is 18.1. The van der Waals surface area contributed by atoms with E-state index in [2.05, 4.69) is 51.5 Å². The van der Waals surface area contributed by atoms with Crippen LogP contribution in [0.3, 0.4) is 0 Å². The average Bonchev–Trinajstić information content (AvgIpc) is 3.35. The van der Waals surface area contributed by atoms with Crippen molar-refractivity contribution in [2.24, 2.45) is 5.92 Å². The Hall–Kier alpha value is -3.41. The number of hydrogen-bond acceptors (Lipinski definition) is 5. The van der Waals surface area contributed by atoms with E-state index in [4.69, 9.17) is 9.15 Å². The van der Waals surface area contributed by atoms with Crippen molar-refractivity contribution in [3.05, 3.63) is 78.3 Å². The van der Waals surface area contributed by atoms with Crippen LogP contribution in [0.25, 0.3) is 0 Å². The standard InChI is InChI=1S/C25H27N3O3/c1-30-20-8-4-7-19(15-20)27-11-12-28-23-10-3-2-6-18(23)14-22(24(28)17-27)25(29)26-16-21-9-5-13-31-21/h2-10,13,15,22,24H,11-12,14,16-17H2,1H3,(H,26,29). The molecule has 0 saturated carbocycles. The predicted molar refractivity (Wildman–Crippen MR) is 121 cm³/mol. The monoisotopic (exact) mass is 417 g/mol. The van der Waals surface area contributed by atoms with Gasteiger partial charge in [0.25, 0.3) is 0 Å². The summed E-state index contributed by atoms with van der Waals surface area (Å²) in [6, 6.07) is 20.5. The molecule has 2 aliphatic heterocycles. The van der Waals surface area contributed by atoms with Crippen molar-refractivity contribution in [2.75, 3.05) is 36.5 Å². The first-order valence-electron chi connectivity index (χ1n) is 10.8. The molecule has 2 aromatic carbocycles. The highest BCUT2D eigenvalue weighted by Crippen LogP contribution is 2.37. The van der Waals surface area contributed by atoms with Crippen LogP contribution in [0, 0.1) is 5.92 Å². The molecule has 1 saturated heterocycles. The third-order valence-electron chi connectivity index (χ3n) is 6.40. The van der Waals surface area contributed by atoms with Gasteiger partial charge in [0.1, 0.15) is 11.5 Å². The molecule has 3 aromatic rings. The van der Waals surface area contributed by atoms with Gasteiger partial charge in [0.2, 0.25) is 5.91 Å². The third-order valence-corrected chi connectivity index (χ3v) is 6.40. The fraction of sp³-hybridized carbons (Fsp3) is 0.320. The van der Waals surface area contributed by atoms with Crippen LogP contribution < -0.4 is 19.9 Å². The highest BCUT2D eigenvalue weighted by molar-refractivity contribution is 5.82. The molecule has 0 radical (unpaired) electrons. The summed E-state index contributed by atoms with van der Waals surface area (Å²) in [5.41, 5.74) is 3.63. The number of furan rings is 1. The number of piperazine rings is 1. The van der Waals surface area contributed by atoms with Gasteiger partial charge in [-0.1, -0.05) is 24.3 Å². The quantitative estimate of drug-likeness (QED) is 0.689. The number of ether oxygens (including phenoxy) is 1. The van der Waals surface area contributed by atoms with Gasteiger partial charge >= 0.3 is 0 Å². The lowest BCUT2D eigenvalue weighted by molar-refractivity contribution is -0.126. The zero-order chi connectivity index (χ0) is 21.2. The van der Waals surface area contributed by atoms with Crippen LogP contribution in [0.4, 0.5) is 11.4 Å². The lowest BCUT2D eigenvalue weighted by atomic mass is 9.83. The lowest BCUT2D eigenvalue weighted by Crippen LogP contribution is -2.61. The zero-order valence-corrected chi connectivity index (χ0v) is 17.7. The van der Waals surface area contributed by atoms with E-state index in [0.717, 1.165) is 43.3 Å².